The van der Waals surface area contributed by atoms with Crippen LogP contribution in [0.3, 0.4) is 0 Å². The average molecular weight is 264 g/mol. The lowest BCUT2D eigenvalue weighted by Crippen LogP contribution is -2.30. The summed E-state index contributed by atoms with van der Waals surface area (Å²) < 4.78 is 6.17. The molecule has 0 aliphatic heterocycles. The topological polar surface area (TPSA) is 73.1 Å². The van der Waals surface area contributed by atoms with Crippen LogP contribution >= 0.6 is 0 Å². The van der Waals surface area contributed by atoms with Crippen molar-refractivity contribution in [3.8, 4) is 5.88 Å². The van der Waals surface area contributed by atoms with Crippen molar-refractivity contribution in [1.29, 1.82) is 0 Å². The molecule has 5 heteroatoms. The van der Waals surface area contributed by atoms with Gasteiger partial charge in [0.15, 0.2) is 0 Å². The largest absolute Gasteiger partial charge is 0.474 e. The number of aromatic nitrogens is 2. The highest BCUT2D eigenvalue weighted by molar-refractivity contribution is 5.47. The summed E-state index contributed by atoms with van der Waals surface area (Å²) in [5, 5.41) is 0. The van der Waals surface area contributed by atoms with Crippen LogP contribution in [-0.4, -0.2) is 16.1 Å². The lowest BCUT2D eigenvalue weighted by Gasteiger charge is -2.31. The predicted molar refractivity (Wildman–Crippen MR) is 76.0 cm³/mol. The average Bonchev–Trinajstić information content (AvgIpc) is 2.43. The van der Waals surface area contributed by atoms with Crippen LogP contribution in [0, 0.1) is 19.8 Å². The summed E-state index contributed by atoms with van der Waals surface area (Å²) in [7, 11) is 0. The molecule has 1 aliphatic carbocycles. The molecule has 0 amide bonds. The molecule has 3 N–H and O–H groups in total. The highest BCUT2D eigenvalue weighted by Crippen LogP contribution is 2.31. The second kappa shape index (κ2) is 6.19. The number of anilines is 1. The second-order valence-electron chi connectivity index (χ2n) is 5.30. The van der Waals surface area contributed by atoms with Crippen molar-refractivity contribution in [2.45, 2.75) is 59.0 Å². The van der Waals surface area contributed by atoms with Gasteiger partial charge in [0.1, 0.15) is 17.7 Å². The Balaban J connectivity index is 2.20. The van der Waals surface area contributed by atoms with Crippen molar-refractivity contribution in [3.63, 3.8) is 0 Å². The van der Waals surface area contributed by atoms with E-state index in [1.54, 1.807) is 0 Å². The molecule has 0 saturated heterocycles. The van der Waals surface area contributed by atoms with Gasteiger partial charge in [-0.05, 0) is 45.4 Å². The number of aryl methyl sites for hydroxylation is 1. The zero-order chi connectivity index (χ0) is 13.8. The Labute approximate surface area is 114 Å². The molecule has 19 heavy (non-hydrogen) atoms. The normalized spacial score (nSPS) is 23.2. The number of rotatable bonds is 4. The van der Waals surface area contributed by atoms with Crippen LogP contribution in [0.5, 0.6) is 5.88 Å². The summed E-state index contributed by atoms with van der Waals surface area (Å²) in [6.07, 6.45) is 6.37. The third kappa shape index (κ3) is 3.15. The zero-order valence-corrected chi connectivity index (χ0v) is 12.1. The molecule has 0 aromatic carbocycles. The molecule has 106 valence electrons. The Bertz CT molecular complexity index is 436. The van der Waals surface area contributed by atoms with Gasteiger partial charge in [0.05, 0.1) is 5.56 Å². The van der Waals surface area contributed by atoms with E-state index in [1.165, 1.54) is 19.3 Å². The first-order valence-electron chi connectivity index (χ1n) is 7.14. The third-order valence-corrected chi connectivity index (χ3v) is 3.98. The molecule has 2 unspecified atom stereocenters. The van der Waals surface area contributed by atoms with Crippen LogP contribution in [0.2, 0.25) is 0 Å². The number of nitrogens with two attached hydrogens (primary N) is 1. The highest BCUT2D eigenvalue weighted by Gasteiger charge is 2.26. The van der Waals surface area contributed by atoms with E-state index >= 15 is 0 Å². The molecule has 1 aromatic rings. The van der Waals surface area contributed by atoms with Crippen LogP contribution in [0.4, 0.5) is 5.82 Å². The molecule has 2 atom stereocenters. The molecular formula is C14H24N4O. The smallest absolute Gasteiger partial charge is 0.222 e. The number of ether oxygens (including phenoxy) is 1. The lowest BCUT2D eigenvalue weighted by molar-refractivity contribution is 0.0848. The molecule has 1 aliphatic rings. The SMILES string of the molecule is CCC1CCCCC1Oc1nc(C)nc(NN)c1C. The molecule has 0 radical (unpaired) electrons. The van der Waals surface area contributed by atoms with Crippen LogP contribution in [-0.2, 0) is 0 Å². The Morgan fingerprint density at radius 3 is 2.68 bits per heavy atom. The van der Waals surface area contributed by atoms with Gasteiger partial charge in [0.2, 0.25) is 5.88 Å². The van der Waals surface area contributed by atoms with E-state index in [0.717, 1.165) is 18.4 Å². The van der Waals surface area contributed by atoms with Crippen molar-refractivity contribution in [1.82, 2.24) is 9.97 Å². The molecule has 1 aromatic heterocycles. The fourth-order valence-electron chi connectivity index (χ4n) is 2.80. The van der Waals surface area contributed by atoms with Crippen molar-refractivity contribution in [3.05, 3.63) is 11.4 Å². The van der Waals surface area contributed by atoms with Crippen LogP contribution in [0.15, 0.2) is 0 Å². The predicted octanol–water partition coefficient (Wildman–Crippen LogP) is 2.73. The number of nitrogens with one attached hydrogen (secondary N) is 1. The minimum atomic E-state index is 0.275. The zero-order valence-electron chi connectivity index (χ0n) is 12.1. The maximum absolute atomic E-state index is 6.17. The summed E-state index contributed by atoms with van der Waals surface area (Å²) >= 11 is 0. The summed E-state index contributed by atoms with van der Waals surface area (Å²) in [6.45, 7) is 6.02. The highest BCUT2D eigenvalue weighted by atomic mass is 16.5. The Kier molecular flexibility index (Phi) is 4.58. The van der Waals surface area contributed by atoms with Crippen LogP contribution in [0.25, 0.3) is 0 Å². The Morgan fingerprint density at radius 2 is 2.00 bits per heavy atom. The number of nitrogen functional groups attached to an aromatic ring is 1. The van der Waals surface area contributed by atoms with E-state index in [1.807, 2.05) is 13.8 Å². The van der Waals surface area contributed by atoms with Gasteiger partial charge < -0.3 is 10.2 Å². The molecule has 5 nitrogen and oxygen atoms in total. The fourth-order valence-corrected chi connectivity index (χ4v) is 2.80. The van der Waals surface area contributed by atoms with Gasteiger partial charge in [-0.25, -0.2) is 10.8 Å². The summed E-state index contributed by atoms with van der Waals surface area (Å²) in [6, 6.07) is 0. The minimum Gasteiger partial charge on any atom is -0.474 e. The van der Waals surface area contributed by atoms with Crippen LogP contribution in [0.1, 0.15) is 50.4 Å². The van der Waals surface area contributed by atoms with E-state index in [4.69, 9.17) is 10.6 Å². The molecule has 1 heterocycles. The van der Waals surface area contributed by atoms with Crippen molar-refractivity contribution in [2.24, 2.45) is 11.8 Å². The van der Waals surface area contributed by atoms with Crippen molar-refractivity contribution in [2.75, 3.05) is 5.43 Å². The fraction of sp³-hybridized carbons (Fsp3) is 0.714. The quantitative estimate of drug-likeness (QED) is 0.646. The Morgan fingerprint density at radius 1 is 1.26 bits per heavy atom. The van der Waals surface area contributed by atoms with Gasteiger partial charge in [0.25, 0.3) is 0 Å². The molecule has 1 saturated carbocycles. The minimum absolute atomic E-state index is 0.275. The van der Waals surface area contributed by atoms with Crippen molar-refractivity contribution < 1.29 is 4.74 Å². The molecular weight excluding hydrogens is 240 g/mol. The van der Waals surface area contributed by atoms with Gasteiger partial charge in [-0.2, -0.15) is 4.98 Å². The monoisotopic (exact) mass is 264 g/mol. The lowest BCUT2D eigenvalue weighted by atomic mass is 9.85. The van der Waals surface area contributed by atoms with E-state index in [-0.39, 0.29) is 6.10 Å². The first-order valence-corrected chi connectivity index (χ1v) is 7.14. The first kappa shape index (κ1) is 14.1. The summed E-state index contributed by atoms with van der Waals surface area (Å²) in [5.74, 6) is 8.11. The number of hydrogen-bond acceptors (Lipinski definition) is 5. The second-order valence-corrected chi connectivity index (χ2v) is 5.30. The molecule has 1 fully saturated rings. The summed E-state index contributed by atoms with van der Waals surface area (Å²) in [5.41, 5.74) is 3.49. The van der Waals surface area contributed by atoms with Crippen molar-refractivity contribution >= 4 is 5.82 Å². The van der Waals surface area contributed by atoms with Gasteiger partial charge >= 0.3 is 0 Å². The Hall–Kier alpha value is -1.36. The standard InChI is InChI=1S/C14H24N4O/c1-4-11-7-5-6-8-12(11)19-14-9(2)13(18-15)16-10(3)17-14/h11-12H,4-8,15H2,1-3H3,(H,16,17,18). The number of nitrogens with zero attached hydrogens (tertiary/aromatic N) is 2. The molecule has 0 bridgehead atoms. The third-order valence-electron chi connectivity index (χ3n) is 3.98. The van der Waals surface area contributed by atoms with Crippen LogP contribution < -0.4 is 16.0 Å². The van der Waals surface area contributed by atoms with E-state index < -0.39 is 0 Å². The van der Waals surface area contributed by atoms with Gasteiger partial charge in [-0.3, -0.25) is 0 Å². The summed E-state index contributed by atoms with van der Waals surface area (Å²) in [4.78, 5) is 8.67. The number of hydrogen-bond donors (Lipinski definition) is 2. The van der Waals surface area contributed by atoms with E-state index in [2.05, 4.69) is 22.3 Å². The molecule has 0 spiro atoms. The maximum Gasteiger partial charge on any atom is 0.222 e. The number of hydrazine groups is 1. The van der Waals surface area contributed by atoms with E-state index in [9.17, 15) is 0 Å². The van der Waals surface area contributed by atoms with Gasteiger partial charge in [-0.1, -0.05) is 13.3 Å². The first-order chi connectivity index (χ1) is 9.15. The van der Waals surface area contributed by atoms with Gasteiger partial charge in [-0.15, -0.1) is 0 Å². The maximum atomic E-state index is 6.17. The molecule has 2 rings (SSSR count). The van der Waals surface area contributed by atoms with E-state index in [0.29, 0.717) is 23.4 Å². The van der Waals surface area contributed by atoms with Gasteiger partial charge in [0, 0.05) is 0 Å².